The Morgan fingerprint density at radius 1 is 0.538 bits per heavy atom. The maximum Gasteiger partial charge on any atom is 0.173 e. The van der Waals surface area contributed by atoms with Crippen LogP contribution in [0.2, 0.25) is 0 Å². The quantitative estimate of drug-likeness (QED) is 0.415. The first-order valence-corrected chi connectivity index (χ1v) is 8.90. The lowest BCUT2D eigenvalue weighted by atomic mass is 10.1. The standard InChI is InChI=1S/C24H20N2/c1-3-7-20(8-4-1)19-26-17-15-22(16-18-26)21-11-13-24(14-12-21)25-23-9-5-2-6-10-23/h1-18H,19H2/p+2. The summed E-state index contributed by atoms with van der Waals surface area (Å²) < 4.78 is 2.20. The second kappa shape index (κ2) is 7.77. The van der Waals surface area contributed by atoms with Gasteiger partial charge in [-0.15, -0.1) is 0 Å². The fraction of sp³-hybridized carbons (Fsp3) is 0.0417. The van der Waals surface area contributed by atoms with Crippen LogP contribution in [0.5, 0.6) is 0 Å². The second-order valence-electron chi connectivity index (χ2n) is 6.42. The molecule has 4 rings (SSSR count). The molecule has 0 saturated carbocycles. The van der Waals surface area contributed by atoms with Gasteiger partial charge in [-0.25, -0.2) is 4.57 Å². The van der Waals surface area contributed by atoms with Crippen LogP contribution in [-0.2, 0) is 6.54 Å². The number of aromatic nitrogens is 1. The molecule has 0 spiro atoms. The van der Waals surface area contributed by atoms with E-state index in [1.807, 2.05) is 6.07 Å². The van der Waals surface area contributed by atoms with E-state index in [1.54, 1.807) is 0 Å². The van der Waals surface area contributed by atoms with Gasteiger partial charge in [-0.3, -0.25) is 5.32 Å². The zero-order valence-electron chi connectivity index (χ0n) is 14.6. The molecule has 2 nitrogen and oxygen atoms in total. The fourth-order valence-corrected chi connectivity index (χ4v) is 3.06. The Morgan fingerprint density at radius 3 is 1.73 bits per heavy atom. The summed E-state index contributed by atoms with van der Waals surface area (Å²) in [6.45, 7) is 0.895. The molecule has 0 aliphatic carbocycles. The van der Waals surface area contributed by atoms with E-state index in [-0.39, 0.29) is 0 Å². The van der Waals surface area contributed by atoms with Gasteiger partial charge in [0, 0.05) is 17.7 Å². The maximum absolute atomic E-state index is 2.20. The van der Waals surface area contributed by atoms with Crippen molar-refractivity contribution in [3.8, 4) is 11.1 Å². The minimum absolute atomic E-state index is 0.895. The van der Waals surface area contributed by atoms with Gasteiger partial charge >= 0.3 is 0 Å². The first-order valence-electron chi connectivity index (χ1n) is 8.90. The first kappa shape index (κ1) is 16.2. The van der Waals surface area contributed by atoms with Gasteiger partial charge in [0.25, 0.3) is 0 Å². The third-order valence-electron chi connectivity index (χ3n) is 4.48. The Hall–Kier alpha value is -3.23. The topological polar surface area (TPSA) is 20.5 Å². The second-order valence-corrected chi connectivity index (χ2v) is 6.42. The summed E-state index contributed by atoms with van der Waals surface area (Å²) in [5.41, 5.74) is 6.23. The summed E-state index contributed by atoms with van der Waals surface area (Å²) in [6.07, 6.45) is 4.29. The minimum Gasteiger partial charge on any atom is -0.282 e. The average Bonchev–Trinajstić information content (AvgIpc) is 2.71. The van der Waals surface area contributed by atoms with Crippen molar-refractivity contribution in [2.45, 2.75) is 6.54 Å². The van der Waals surface area contributed by atoms with Gasteiger partial charge in [0.2, 0.25) is 0 Å². The molecule has 0 saturated heterocycles. The number of nitrogens with zero attached hydrogens (tertiary/aromatic N) is 1. The minimum atomic E-state index is 0.895. The number of hydrogen-bond acceptors (Lipinski definition) is 0. The Bertz CT molecular complexity index is 861. The number of quaternary nitrogens is 1. The van der Waals surface area contributed by atoms with Crippen LogP contribution in [0.3, 0.4) is 0 Å². The van der Waals surface area contributed by atoms with E-state index in [0.29, 0.717) is 0 Å². The van der Waals surface area contributed by atoms with Gasteiger partial charge in [-0.05, 0) is 47.5 Å². The molecular formula is C24H22N2+2. The zero-order valence-corrected chi connectivity index (χ0v) is 14.6. The molecule has 0 radical (unpaired) electrons. The molecule has 2 N–H and O–H groups in total. The van der Waals surface area contributed by atoms with Crippen molar-refractivity contribution >= 4 is 11.4 Å². The molecule has 126 valence electrons. The molecule has 0 atom stereocenters. The summed E-state index contributed by atoms with van der Waals surface area (Å²) in [7, 11) is 0. The summed E-state index contributed by atoms with van der Waals surface area (Å²) >= 11 is 0. The van der Waals surface area contributed by atoms with Crippen molar-refractivity contribution < 1.29 is 9.88 Å². The van der Waals surface area contributed by atoms with Crippen molar-refractivity contribution in [2.24, 2.45) is 0 Å². The van der Waals surface area contributed by atoms with Crippen molar-refractivity contribution in [2.75, 3.05) is 0 Å². The number of para-hydroxylation sites is 1. The molecule has 1 aromatic heterocycles. The average molecular weight is 338 g/mol. The van der Waals surface area contributed by atoms with Crippen LogP contribution in [0.1, 0.15) is 5.56 Å². The molecule has 26 heavy (non-hydrogen) atoms. The normalized spacial score (nSPS) is 10.6. The van der Waals surface area contributed by atoms with Crippen molar-refractivity contribution in [3.63, 3.8) is 0 Å². The van der Waals surface area contributed by atoms with Crippen LogP contribution >= 0.6 is 0 Å². The van der Waals surface area contributed by atoms with E-state index >= 15 is 0 Å². The lowest BCUT2D eigenvalue weighted by Crippen LogP contribution is -2.70. The number of nitrogens with two attached hydrogens (primary N) is 1. The highest BCUT2D eigenvalue weighted by atomic mass is 14.9. The number of pyridine rings is 1. The molecule has 3 aromatic carbocycles. The molecule has 2 heteroatoms. The number of hydrogen-bond donors (Lipinski definition) is 1. The predicted octanol–water partition coefficient (Wildman–Crippen LogP) is 4.22. The van der Waals surface area contributed by atoms with E-state index in [9.17, 15) is 0 Å². The van der Waals surface area contributed by atoms with Gasteiger partial charge in [0.05, 0.1) is 0 Å². The van der Waals surface area contributed by atoms with E-state index in [1.165, 1.54) is 28.1 Å². The molecule has 0 fully saturated rings. The molecule has 0 bridgehead atoms. The number of benzene rings is 3. The molecule has 0 aliphatic heterocycles. The highest BCUT2D eigenvalue weighted by Crippen LogP contribution is 2.19. The lowest BCUT2D eigenvalue weighted by Gasteiger charge is -2.04. The highest BCUT2D eigenvalue weighted by molar-refractivity contribution is 5.63. The van der Waals surface area contributed by atoms with Crippen molar-refractivity contribution in [1.29, 1.82) is 0 Å². The van der Waals surface area contributed by atoms with Gasteiger partial charge in [0.1, 0.15) is 11.4 Å². The van der Waals surface area contributed by atoms with Crippen LogP contribution in [0.15, 0.2) is 109 Å². The van der Waals surface area contributed by atoms with Crippen LogP contribution in [0, 0.1) is 0 Å². The molecule has 1 heterocycles. The van der Waals surface area contributed by atoms with Gasteiger partial charge < -0.3 is 0 Å². The van der Waals surface area contributed by atoms with Crippen molar-refractivity contribution in [1.82, 2.24) is 0 Å². The largest absolute Gasteiger partial charge is 0.282 e. The predicted molar refractivity (Wildman–Crippen MR) is 105 cm³/mol. The van der Waals surface area contributed by atoms with Gasteiger partial charge in [-0.1, -0.05) is 48.5 Å². The Labute approximate surface area is 154 Å². The van der Waals surface area contributed by atoms with Crippen LogP contribution < -0.4 is 9.88 Å². The third-order valence-corrected chi connectivity index (χ3v) is 4.48. The van der Waals surface area contributed by atoms with E-state index in [0.717, 1.165) is 6.54 Å². The van der Waals surface area contributed by atoms with E-state index in [2.05, 4.69) is 113 Å². The smallest absolute Gasteiger partial charge is 0.173 e. The first-order chi connectivity index (χ1) is 12.9. The fourth-order valence-electron chi connectivity index (χ4n) is 3.06. The molecule has 4 aromatic rings. The van der Waals surface area contributed by atoms with Crippen LogP contribution in [0.4, 0.5) is 11.4 Å². The lowest BCUT2D eigenvalue weighted by molar-refractivity contribution is -0.688. The van der Waals surface area contributed by atoms with E-state index in [4.69, 9.17) is 0 Å². The Kier molecular flexibility index (Phi) is 4.86. The highest BCUT2D eigenvalue weighted by Gasteiger charge is 2.05. The third kappa shape index (κ3) is 4.05. The SMILES string of the molecule is c1ccc(C[n+]2ccc(-c3ccc([NH2+]c4ccccc4)cc3)cc2)cc1. The monoisotopic (exact) mass is 338 g/mol. The number of rotatable bonds is 5. The molecular weight excluding hydrogens is 316 g/mol. The van der Waals surface area contributed by atoms with Crippen LogP contribution in [-0.4, -0.2) is 0 Å². The zero-order chi connectivity index (χ0) is 17.6. The summed E-state index contributed by atoms with van der Waals surface area (Å²) in [6, 6.07) is 34.0. The molecule has 0 unspecified atom stereocenters. The molecule has 0 aliphatic rings. The summed E-state index contributed by atoms with van der Waals surface area (Å²) in [4.78, 5) is 0. The van der Waals surface area contributed by atoms with Gasteiger partial charge in [0.15, 0.2) is 18.9 Å². The maximum atomic E-state index is 2.20. The summed E-state index contributed by atoms with van der Waals surface area (Å²) in [5, 5.41) is 2.20. The van der Waals surface area contributed by atoms with Gasteiger partial charge in [-0.2, -0.15) is 0 Å². The Balaban J connectivity index is 1.45. The van der Waals surface area contributed by atoms with E-state index < -0.39 is 0 Å². The summed E-state index contributed by atoms with van der Waals surface area (Å²) in [5.74, 6) is 0. The van der Waals surface area contributed by atoms with Crippen LogP contribution in [0.25, 0.3) is 11.1 Å². The Morgan fingerprint density at radius 2 is 1.08 bits per heavy atom. The molecule has 0 amide bonds. The van der Waals surface area contributed by atoms with Crippen molar-refractivity contribution in [3.05, 3.63) is 115 Å².